The lowest BCUT2D eigenvalue weighted by atomic mass is 10.2. The summed E-state index contributed by atoms with van der Waals surface area (Å²) in [5, 5.41) is 22.4. The maximum Gasteiger partial charge on any atom is 0.294 e. The molecule has 0 bridgehead atoms. The topological polar surface area (TPSA) is 99.5 Å². The molecule has 0 spiro atoms. The molecule has 0 amide bonds. The molecule has 9 nitrogen and oxygen atoms in total. The van der Waals surface area contributed by atoms with Gasteiger partial charge in [0.05, 0.1) is 32.4 Å². The number of benzene rings is 1. The molecule has 1 fully saturated rings. The lowest BCUT2D eigenvalue weighted by molar-refractivity contribution is -0.486. The minimum absolute atomic E-state index is 0.0593. The molecule has 1 aromatic carbocycles. The van der Waals surface area contributed by atoms with Crippen LogP contribution in [0.25, 0.3) is 0 Å². The summed E-state index contributed by atoms with van der Waals surface area (Å²) >= 11 is 6.10. The molecule has 10 heteroatoms. The van der Waals surface area contributed by atoms with Crippen LogP contribution in [0.1, 0.15) is 11.3 Å². The van der Waals surface area contributed by atoms with Gasteiger partial charge >= 0.3 is 0 Å². The van der Waals surface area contributed by atoms with Crippen molar-refractivity contribution in [3.05, 3.63) is 69.1 Å². The van der Waals surface area contributed by atoms with Gasteiger partial charge in [0.25, 0.3) is 5.96 Å². The van der Waals surface area contributed by atoms with Crippen LogP contribution in [0.2, 0.25) is 5.02 Å². The Morgan fingerprint density at radius 1 is 1.36 bits per heavy atom. The van der Waals surface area contributed by atoms with E-state index in [0.717, 1.165) is 5.76 Å². The number of guanidine groups is 1. The van der Waals surface area contributed by atoms with Crippen molar-refractivity contribution in [1.29, 1.82) is 0 Å². The molecule has 0 unspecified atom stereocenters. The summed E-state index contributed by atoms with van der Waals surface area (Å²) in [4.78, 5) is 12.7. The first-order valence-corrected chi connectivity index (χ1v) is 7.77. The van der Waals surface area contributed by atoms with E-state index in [1.54, 1.807) is 24.5 Å². The molecule has 1 saturated heterocycles. The molecule has 1 aliphatic rings. The number of nitrogens with one attached hydrogen (secondary N) is 1. The Bertz CT molecular complexity index is 792. The van der Waals surface area contributed by atoms with Crippen LogP contribution >= 0.6 is 11.6 Å². The van der Waals surface area contributed by atoms with Gasteiger partial charge in [0, 0.05) is 10.6 Å². The number of rotatable bonds is 5. The molecule has 1 aromatic heterocycles. The monoisotopic (exact) mass is 362 g/mol. The Morgan fingerprint density at radius 3 is 2.92 bits per heavy atom. The Balaban J connectivity index is 1.77. The zero-order chi connectivity index (χ0) is 17.6. The Hall–Kier alpha value is -2.91. The van der Waals surface area contributed by atoms with Gasteiger partial charge in [0.1, 0.15) is 10.9 Å². The van der Waals surface area contributed by atoms with Gasteiger partial charge in [-0.1, -0.05) is 29.8 Å². The van der Waals surface area contributed by atoms with Crippen molar-refractivity contribution in [3.8, 4) is 0 Å². The maximum atomic E-state index is 10.7. The summed E-state index contributed by atoms with van der Waals surface area (Å²) in [6.07, 6.45) is 3.13. The second-order valence-electron chi connectivity index (χ2n) is 5.21. The van der Waals surface area contributed by atoms with Gasteiger partial charge in [-0.05, 0) is 18.2 Å². The first-order chi connectivity index (χ1) is 12.1. The van der Waals surface area contributed by atoms with Crippen LogP contribution in [0.3, 0.4) is 0 Å². The third-order valence-electron chi connectivity index (χ3n) is 3.42. The molecule has 2 heterocycles. The molecule has 130 valence electrons. The average molecular weight is 363 g/mol. The van der Waals surface area contributed by atoms with Crippen LogP contribution in [0.5, 0.6) is 0 Å². The fraction of sp³-hybridized carbons (Fsp3) is 0.200. The predicted octanol–water partition coefficient (Wildman–Crippen LogP) is 2.14. The maximum absolute atomic E-state index is 10.7. The third-order valence-corrected chi connectivity index (χ3v) is 3.76. The summed E-state index contributed by atoms with van der Waals surface area (Å²) in [5.41, 5.74) is 0.702. The van der Waals surface area contributed by atoms with Crippen LogP contribution in [0, 0.1) is 10.1 Å². The van der Waals surface area contributed by atoms with Crippen molar-refractivity contribution in [1.82, 2.24) is 15.2 Å². The van der Waals surface area contributed by atoms with Gasteiger partial charge in [0.2, 0.25) is 0 Å². The number of hydrogen-bond donors (Lipinski definition) is 1. The molecule has 1 aliphatic heterocycles. The molecule has 2 aromatic rings. The zero-order valence-electron chi connectivity index (χ0n) is 13.1. The van der Waals surface area contributed by atoms with Crippen molar-refractivity contribution in [2.24, 2.45) is 10.2 Å². The lowest BCUT2D eigenvalue weighted by Gasteiger charge is -2.33. The molecule has 0 aliphatic carbocycles. The summed E-state index contributed by atoms with van der Waals surface area (Å²) in [6.45, 7) is 1.22. The van der Waals surface area contributed by atoms with E-state index in [2.05, 4.69) is 15.5 Å². The highest BCUT2D eigenvalue weighted by molar-refractivity contribution is 6.33. The molecular weight excluding hydrogens is 348 g/mol. The average Bonchev–Trinajstić information content (AvgIpc) is 3.08. The summed E-state index contributed by atoms with van der Waals surface area (Å²) in [5.74, 6) is 0.843. The van der Waals surface area contributed by atoms with E-state index in [9.17, 15) is 10.1 Å². The van der Waals surface area contributed by atoms with Gasteiger partial charge < -0.3 is 9.73 Å². The number of nitro groups is 1. The first-order valence-electron chi connectivity index (χ1n) is 7.39. The number of nitrogens with zero attached hydrogens (tertiary/aromatic N) is 5. The highest BCUT2D eigenvalue weighted by atomic mass is 35.5. The highest BCUT2D eigenvalue weighted by Gasteiger charge is 2.24. The molecule has 0 atom stereocenters. The van der Waals surface area contributed by atoms with Crippen LogP contribution in [0.15, 0.2) is 57.3 Å². The Kier molecular flexibility index (Phi) is 5.26. The van der Waals surface area contributed by atoms with Crippen LogP contribution in [0.4, 0.5) is 0 Å². The first kappa shape index (κ1) is 16.9. The van der Waals surface area contributed by atoms with Crippen molar-refractivity contribution < 1.29 is 9.45 Å². The molecule has 1 N–H and O–H groups in total. The fourth-order valence-corrected chi connectivity index (χ4v) is 2.46. The second kappa shape index (κ2) is 7.77. The molecule has 0 radical (unpaired) electrons. The van der Waals surface area contributed by atoms with Gasteiger partial charge in [-0.3, -0.25) is 4.90 Å². The quantitative estimate of drug-likeness (QED) is 0.497. The van der Waals surface area contributed by atoms with E-state index in [4.69, 9.17) is 16.0 Å². The van der Waals surface area contributed by atoms with E-state index in [-0.39, 0.29) is 5.96 Å². The van der Waals surface area contributed by atoms with E-state index >= 15 is 0 Å². The SMILES string of the molecule is O=[N+]([O-])/N=C1\NCN(Cc2ccco2)CN1/N=C/c1ccccc1Cl. The molecule has 3 rings (SSSR count). The Morgan fingerprint density at radius 2 is 2.20 bits per heavy atom. The number of hydrogen-bond acceptors (Lipinski definition) is 5. The van der Waals surface area contributed by atoms with Gasteiger partial charge in [-0.25, -0.2) is 15.1 Å². The van der Waals surface area contributed by atoms with E-state index < -0.39 is 5.03 Å². The number of halogens is 1. The normalized spacial score (nSPS) is 17.2. The highest BCUT2D eigenvalue weighted by Crippen LogP contribution is 2.14. The van der Waals surface area contributed by atoms with Crippen molar-refractivity contribution >= 4 is 23.8 Å². The lowest BCUT2D eigenvalue weighted by Crippen LogP contribution is -2.54. The molecular formula is C15H15ClN6O3. The number of furan rings is 1. The second-order valence-corrected chi connectivity index (χ2v) is 5.62. The van der Waals surface area contributed by atoms with Gasteiger partial charge in [-0.15, -0.1) is 0 Å². The van der Waals surface area contributed by atoms with Crippen molar-refractivity contribution in [2.75, 3.05) is 13.3 Å². The van der Waals surface area contributed by atoms with E-state index in [1.165, 1.54) is 11.2 Å². The van der Waals surface area contributed by atoms with Crippen molar-refractivity contribution in [3.63, 3.8) is 0 Å². The zero-order valence-corrected chi connectivity index (χ0v) is 13.8. The minimum Gasteiger partial charge on any atom is -0.468 e. The predicted molar refractivity (Wildman–Crippen MR) is 92.4 cm³/mol. The van der Waals surface area contributed by atoms with Crippen LogP contribution < -0.4 is 5.32 Å². The van der Waals surface area contributed by atoms with E-state index in [0.29, 0.717) is 30.5 Å². The molecule has 0 saturated carbocycles. The van der Waals surface area contributed by atoms with E-state index in [1.807, 2.05) is 23.1 Å². The van der Waals surface area contributed by atoms with Crippen LogP contribution in [-0.4, -0.2) is 40.5 Å². The summed E-state index contributed by atoms with van der Waals surface area (Å²) in [6, 6.07) is 10.8. The smallest absolute Gasteiger partial charge is 0.294 e. The fourth-order valence-electron chi connectivity index (χ4n) is 2.28. The van der Waals surface area contributed by atoms with Gasteiger partial charge in [0.15, 0.2) is 5.03 Å². The largest absolute Gasteiger partial charge is 0.468 e. The van der Waals surface area contributed by atoms with Crippen LogP contribution in [-0.2, 0) is 6.54 Å². The standard InChI is InChI=1S/C15H15ClN6O3/c16-14-6-2-1-4-12(14)8-18-21-11-20(9-13-5-3-7-25-13)10-17-15(21)19-22(23)24/h1-8H,9-11H2,(H,17,19)/b18-8+. The summed E-state index contributed by atoms with van der Waals surface area (Å²) in [7, 11) is 0. The van der Waals surface area contributed by atoms with Gasteiger partial charge in [-0.2, -0.15) is 5.10 Å². The summed E-state index contributed by atoms with van der Waals surface area (Å²) < 4.78 is 5.33. The molecule has 25 heavy (non-hydrogen) atoms. The van der Waals surface area contributed by atoms with Crippen molar-refractivity contribution in [2.45, 2.75) is 6.54 Å². The number of hydrazone groups is 2. The minimum atomic E-state index is -0.761. The Labute approximate surface area is 148 Å². The third kappa shape index (κ3) is 4.55.